The summed E-state index contributed by atoms with van der Waals surface area (Å²) in [5, 5.41) is 12.2. The third-order valence-corrected chi connectivity index (χ3v) is 5.62. The van der Waals surface area contributed by atoms with Crippen LogP contribution in [0.25, 0.3) is 5.70 Å². The van der Waals surface area contributed by atoms with Crippen molar-refractivity contribution in [2.45, 2.75) is 25.9 Å². The quantitative estimate of drug-likeness (QED) is 0.805. The number of nitrogens with one attached hydrogen (secondary N) is 1. The van der Waals surface area contributed by atoms with E-state index in [1.165, 1.54) is 0 Å². The summed E-state index contributed by atoms with van der Waals surface area (Å²) in [7, 11) is 0. The fourth-order valence-corrected chi connectivity index (χ4v) is 4.12. The van der Waals surface area contributed by atoms with Crippen molar-refractivity contribution in [2.24, 2.45) is 10.1 Å². The van der Waals surface area contributed by atoms with Crippen molar-refractivity contribution in [1.29, 1.82) is 0 Å². The molecule has 5 nitrogen and oxygen atoms in total. The first kappa shape index (κ1) is 18.1. The highest BCUT2D eigenvalue weighted by Gasteiger charge is 2.34. The monoisotopic (exact) mass is 398 g/mol. The second-order valence-corrected chi connectivity index (χ2v) is 7.85. The first-order valence-corrected chi connectivity index (χ1v) is 10.3. The molecule has 1 atom stereocenters. The number of carbonyl (C=O) groups excluding carboxylic acids is 1. The van der Waals surface area contributed by atoms with Crippen LogP contribution < -0.4 is 15.9 Å². The zero-order valence-electron chi connectivity index (χ0n) is 14.9. The van der Waals surface area contributed by atoms with Crippen molar-refractivity contribution in [1.82, 2.24) is 10.3 Å². The maximum Gasteiger partial charge on any atom is 0.276 e. The molecule has 2 aliphatic rings. The van der Waals surface area contributed by atoms with Gasteiger partial charge >= 0.3 is 0 Å². The van der Waals surface area contributed by atoms with E-state index >= 15 is 0 Å². The summed E-state index contributed by atoms with van der Waals surface area (Å²) >= 11 is 7.60. The average molecular weight is 399 g/mol. The van der Waals surface area contributed by atoms with Crippen molar-refractivity contribution in [3.63, 3.8) is 0 Å². The number of hydrogen-bond donors (Lipinski definition) is 1. The molecule has 7 heteroatoms. The second-order valence-electron chi connectivity index (χ2n) is 6.33. The lowest BCUT2D eigenvalue weighted by atomic mass is 10.1. The number of unbranched alkanes of at least 4 members (excludes halogenated alkanes) is 1. The van der Waals surface area contributed by atoms with Crippen LogP contribution in [0.3, 0.4) is 0 Å². The number of para-hydroxylation sites is 1. The minimum absolute atomic E-state index is 0.148. The maximum atomic E-state index is 12.9. The Morgan fingerprint density at radius 3 is 2.74 bits per heavy atom. The van der Waals surface area contributed by atoms with Crippen LogP contribution in [0.5, 0.6) is 0 Å². The molecular weight excluding hydrogens is 380 g/mol. The Morgan fingerprint density at radius 1 is 1.19 bits per heavy atom. The van der Waals surface area contributed by atoms with Crippen LogP contribution >= 0.6 is 23.4 Å². The van der Waals surface area contributed by atoms with Crippen LogP contribution in [0, 0.1) is 0 Å². The number of benzene rings is 2. The smallest absolute Gasteiger partial charge is 0.276 e. The number of hydrogen-bond acceptors (Lipinski definition) is 5. The van der Waals surface area contributed by atoms with Gasteiger partial charge in [0.25, 0.3) is 5.91 Å². The lowest BCUT2D eigenvalue weighted by Gasteiger charge is -2.34. The van der Waals surface area contributed by atoms with Crippen molar-refractivity contribution in [2.75, 3.05) is 5.75 Å². The molecule has 2 aromatic carbocycles. The first-order chi connectivity index (χ1) is 13.2. The molecule has 0 spiro atoms. The number of carbonyl (C=O) groups is 1. The SMILES string of the molecule is CCCCSC1=NN2C(=c3ccccc3=NC2c2ccc(Cl)cc2)C(=O)N1. The van der Waals surface area contributed by atoms with Gasteiger partial charge in [-0.1, -0.05) is 67.0 Å². The number of hydrazone groups is 1. The molecule has 4 rings (SSSR count). The minimum atomic E-state index is -0.403. The summed E-state index contributed by atoms with van der Waals surface area (Å²) in [5.41, 5.74) is 1.46. The van der Waals surface area contributed by atoms with Gasteiger partial charge in [-0.2, -0.15) is 0 Å². The predicted molar refractivity (Wildman–Crippen MR) is 110 cm³/mol. The number of halogens is 1. The van der Waals surface area contributed by atoms with Gasteiger partial charge in [0, 0.05) is 16.0 Å². The Kier molecular flexibility index (Phi) is 5.18. The topological polar surface area (TPSA) is 57.1 Å². The lowest BCUT2D eigenvalue weighted by molar-refractivity contribution is -0.116. The Bertz CT molecular complexity index is 1020. The average Bonchev–Trinajstić information content (AvgIpc) is 2.68. The van der Waals surface area contributed by atoms with E-state index in [2.05, 4.69) is 12.2 Å². The van der Waals surface area contributed by atoms with E-state index in [1.54, 1.807) is 16.8 Å². The fourth-order valence-electron chi connectivity index (χ4n) is 3.06. The Labute approximate surface area is 166 Å². The molecule has 0 aliphatic carbocycles. The summed E-state index contributed by atoms with van der Waals surface area (Å²) in [6.07, 6.45) is 1.77. The van der Waals surface area contributed by atoms with Crippen LogP contribution in [0.15, 0.2) is 58.6 Å². The van der Waals surface area contributed by atoms with Gasteiger partial charge in [-0.25, -0.2) is 5.01 Å². The standard InChI is InChI=1S/C20H19ClN4OS/c1-2-3-12-27-20-23-19(26)17-15-6-4-5-7-16(15)22-18(25(17)24-20)13-8-10-14(21)11-9-13/h4-11,18H,2-3,12H2,1H3,(H,23,24,26). The zero-order valence-corrected chi connectivity index (χ0v) is 16.4. The van der Waals surface area contributed by atoms with Gasteiger partial charge in [0.15, 0.2) is 11.3 Å². The highest BCUT2D eigenvalue weighted by molar-refractivity contribution is 8.13. The molecular formula is C20H19ClN4OS. The van der Waals surface area contributed by atoms with E-state index < -0.39 is 6.17 Å². The summed E-state index contributed by atoms with van der Waals surface area (Å²) in [5.74, 6) is 0.767. The van der Waals surface area contributed by atoms with Crippen LogP contribution in [-0.2, 0) is 4.79 Å². The highest BCUT2D eigenvalue weighted by Crippen LogP contribution is 2.31. The van der Waals surface area contributed by atoms with Crippen molar-refractivity contribution in [3.8, 4) is 0 Å². The van der Waals surface area contributed by atoms with E-state index in [9.17, 15) is 4.79 Å². The summed E-state index contributed by atoms with van der Waals surface area (Å²) < 4.78 is 0. The Hall–Kier alpha value is -2.31. The third kappa shape index (κ3) is 3.59. The molecule has 2 heterocycles. The molecule has 0 radical (unpaired) electrons. The lowest BCUT2D eigenvalue weighted by Crippen LogP contribution is -2.50. The van der Waals surface area contributed by atoms with E-state index in [4.69, 9.17) is 21.7 Å². The minimum Gasteiger partial charge on any atom is -0.298 e. The van der Waals surface area contributed by atoms with Gasteiger partial charge in [-0.05, 0) is 30.2 Å². The predicted octanol–water partition coefficient (Wildman–Crippen LogP) is 3.02. The summed E-state index contributed by atoms with van der Waals surface area (Å²) in [6, 6.07) is 15.2. The molecule has 0 bridgehead atoms. The second kappa shape index (κ2) is 7.74. The van der Waals surface area contributed by atoms with Gasteiger partial charge in [0.05, 0.1) is 5.36 Å². The normalized spacial score (nSPS) is 18.2. The number of rotatable bonds is 4. The fraction of sp³-hybridized carbons (Fsp3) is 0.250. The highest BCUT2D eigenvalue weighted by atomic mass is 35.5. The molecule has 1 amide bonds. The van der Waals surface area contributed by atoms with Gasteiger partial charge in [0.2, 0.25) is 0 Å². The first-order valence-electron chi connectivity index (χ1n) is 8.92. The zero-order chi connectivity index (χ0) is 18.8. The van der Waals surface area contributed by atoms with Crippen molar-refractivity contribution < 1.29 is 4.79 Å². The molecule has 0 aromatic heterocycles. The molecule has 0 fully saturated rings. The Balaban J connectivity index is 1.83. The summed E-state index contributed by atoms with van der Waals surface area (Å²) in [4.78, 5) is 17.8. The molecule has 27 heavy (non-hydrogen) atoms. The van der Waals surface area contributed by atoms with Crippen LogP contribution in [-0.4, -0.2) is 21.8 Å². The van der Waals surface area contributed by atoms with Gasteiger partial charge in [-0.3, -0.25) is 15.1 Å². The number of amides is 1. The third-order valence-electron chi connectivity index (χ3n) is 4.42. The van der Waals surface area contributed by atoms with E-state index in [-0.39, 0.29) is 5.91 Å². The molecule has 0 saturated carbocycles. The van der Waals surface area contributed by atoms with Gasteiger partial charge in [-0.15, -0.1) is 5.10 Å². The molecule has 1 unspecified atom stereocenters. The molecule has 2 aliphatic heterocycles. The van der Waals surface area contributed by atoms with E-state index in [0.717, 1.165) is 34.7 Å². The van der Waals surface area contributed by atoms with E-state index in [1.807, 2.05) is 48.5 Å². The van der Waals surface area contributed by atoms with E-state index in [0.29, 0.717) is 15.9 Å². The molecule has 1 N–H and O–H groups in total. The van der Waals surface area contributed by atoms with Gasteiger partial charge in [0.1, 0.15) is 5.70 Å². The van der Waals surface area contributed by atoms with Crippen LogP contribution in [0.4, 0.5) is 0 Å². The van der Waals surface area contributed by atoms with Gasteiger partial charge < -0.3 is 0 Å². The van der Waals surface area contributed by atoms with Crippen molar-refractivity contribution in [3.05, 3.63) is 69.7 Å². The largest absolute Gasteiger partial charge is 0.298 e. The molecule has 2 aromatic rings. The van der Waals surface area contributed by atoms with Crippen LogP contribution in [0.2, 0.25) is 5.02 Å². The number of amidine groups is 1. The molecule has 138 valence electrons. The molecule has 0 saturated heterocycles. The number of thioether (sulfide) groups is 1. The number of fused-ring (bicyclic) bond motifs is 2. The Morgan fingerprint density at radius 2 is 1.96 bits per heavy atom. The maximum absolute atomic E-state index is 12.9. The van der Waals surface area contributed by atoms with Crippen LogP contribution in [0.1, 0.15) is 31.5 Å². The number of nitrogens with zero attached hydrogens (tertiary/aromatic N) is 3. The van der Waals surface area contributed by atoms with Crippen molar-refractivity contribution >= 4 is 40.1 Å². The summed E-state index contributed by atoms with van der Waals surface area (Å²) in [6.45, 7) is 2.14.